The Hall–Kier alpha value is -3.20. The molecule has 4 rings (SSSR count). The summed E-state index contributed by atoms with van der Waals surface area (Å²) >= 11 is 1.25. The van der Waals surface area contributed by atoms with Crippen molar-refractivity contribution in [3.05, 3.63) is 55.1 Å². The Morgan fingerprint density at radius 2 is 2.04 bits per heavy atom. The Labute approximate surface area is 146 Å². The summed E-state index contributed by atoms with van der Waals surface area (Å²) in [6.45, 7) is 0. The molecular weight excluding hydrogens is 340 g/mol. The lowest BCUT2D eigenvalue weighted by Gasteiger charge is -2.03. The van der Waals surface area contributed by atoms with Gasteiger partial charge in [0.15, 0.2) is 11.5 Å². The number of nitrogens with zero attached hydrogens (tertiary/aromatic N) is 5. The third kappa shape index (κ3) is 3.36. The van der Waals surface area contributed by atoms with Crippen molar-refractivity contribution in [2.24, 2.45) is 0 Å². The Kier molecular flexibility index (Phi) is 4.13. The van der Waals surface area contributed by atoms with E-state index in [4.69, 9.17) is 4.42 Å². The molecule has 0 aliphatic carbocycles. The van der Waals surface area contributed by atoms with Crippen LogP contribution in [-0.2, 0) is 4.79 Å². The zero-order chi connectivity index (χ0) is 17.1. The van der Waals surface area contributed by atoms with Crippen molar-refractivity contribution < 1.29 is 9.21 Å². The second kappa shape index (κ2) is 6.73. The summed E-state index contributed by atoms with van der Waals surface area (Å²) in [5.74, 6) is 0.389. The molecule has 0 aromatic carbocycles. The molecule has 0 unspecified atom stereocenters. The van der Waals surface area contributed by atoms with Crippen molar-refractivity contribution in [1.29, 1.82) is 0 Å². The predicted octanol–water partition coefficient (Wildman–Crippen LogP) is 2.51. The number of aromatic nitrogens is 5. The van der Waals surface area contributed by atoms with Crippen LogP contribution < -0.4 is 5.32 Å². The Bertz CT molecular complexity index is 1000. The van der Waals surface area contributed by atoms with Crippen LogP contribution in [0.4, 0.5) is 5.88 Å². The molecule has 25 heavy (non-hydrogen) atoms. The molecule has 0 radical (unpaired) electrons. The minimum absolute atomic E-state index is 0.169. The monoisotopic (exact) mass is 352 g/mol. The SMILES string of the molecule is O=C(CSc1nnc2ccc(-c3ccncc3)nn12)Nc1ccco1. The highest BCUT2D eigenvalue weighted by Crippen LogP contribution is 2.20. The van der Waals surface area contributed by atoms with Gasteiger partial charge in [-0.2, -0.15) is 9.61 Å². The molecule has 0 fully saturated rings. The van der Waals surface area contributed by atoms with E-state index in [-0.39, 0.29) is 11.7 Å². The number of thioether (sulfide) groups is 1. The molecule has 0 spiro atoms. The number of carbonyl (C=O) groups is 1. The van der Waals surface area contributed by atoms with Crippen LogP contribution in [0.3, 0.4) is 0 Å². The number of hydrogen-bond acceptors (Lipinski definition) is 7. The van der Waals surface area contributed by atoms with Gasteiger partial charge in [0, 0.05) is 24.0 Å². The first-order valence-corrected chi connectivity index (χ1v) is 8.37. The third-order valence-electron chi connectivity index (χ3n) is 3.33. The van der Waals surface area contributed by atoms with Crippen molar-refractivity contribution in [1.82, 2.24) is 24.8 Å². The van der Waals surface area contributed by atoms with Gasteiger partial charge in [0.1, 0.15) is 0 Å². The van der Waals surface area contributed by atoms with Crippen LogP contribution in [0, 0.1) is 0 Å². The molecule has 0 saturated carbocycles. The second-order valence-corrected chi connectivity index (χ2v) is 5.96. The normalized spacial score (nSPS) is 10.9. The van der Waals surface area contributed by atoms with Gasteiger partial charge in [-0.05, 0) is 30.3 Å². The number of nitrogens with one attached hydrogen (secondary N) is 1. The average Bonchev–Trinajstić information content (AvgIpc) is 3.30. The fourth-order valence-corrected chi connectivity index (χ4v) is 2.88. The molecule has 0 aliphatic rings. The highest BCUT2D eigenvalue weighted by atomic mass is 32.2. The Balaban J connectivity index is 1.52. The number of furan rings is 1. The average molecular weight is 352 g/mol. The van der Waals surface area contributed by atoms with E-state index in [1.165, 1.54) is 18.0 Å². The van der Waals surface area contributed by atoms with Crippen LogP contribution in [0.1, 0.15) is 0 Å². The van der Waals surface area contributed by atoms with Gasteiger partial charge in [-0.25, -0.2) is 0 Å². The van der Waals surface area contributed by atoms with Crippen molar-refractivity contribution in [3.8, 4) is 11.3 Å². The molecule has 4 aromatic heterocycles. The molecule has 4 aromatic rings. The van der Waals surface area contributed by atoms with Gasteiger partial charge in [0.2, 0.25) is 11.1 Å². The molecular formula is C16H12N6O2S. The minimum atomic E-state index is -0.193. The second-order valence-electron chi connectivity index (χ2n) is 5.02. The first kappa shape index (κ1) is 15.3. The first-order chi connectivity index (χ1) is 12.3. The third-order valence-corrected chi connectivity index (χ3v) is 4.25. The lowest BCUT2D eigenvalue weighted by molar-refractivity contribution is -0.113. The highest BCUT2D eigenvalue weighted by molar-refractivity contribution is 7.99. The van der Waals surface area contributed by atoms with E-state index < -0.39 is 0 Å². The van der Waals surface area contributed by atoms with Gasteiger partial charge >= 0.3 is 0 Å². The molecule has 1 amide bonds. The maximum Gasteiger partial charge on any atom is 0.237 e. The molecule has 0 atom stereocenters. The molecule has 0 saturated heterocycles. The van der Waals surface area contributed by atoms with E-state index in [1.54, 1.807) is 29.0 Å². The molecule has 8 nitrogen and oxygen atoms in total. The standard InChI is InChI=1S/C16H12N6O2S/c23-14(18-15-2-1-9-24-15)10-25-16-20-19-13-4-3-12(21-22(13)16)11-5-7-17-8-6-11/h1-9H,10H2,(H,18,23). The molecule has 9 heteroatoms. The van der Waals surface area contributed by atoms with Crippen LogP contribution >= 0.6 is 11.8 Å². The summed E-state index contributed by atoms with van der Waals surface area (Å²) in [5, 5.41) is 15.9. The summed E-state index contributed by atoms with van der Waals surface area (Å²) < 4.78 is 6.71. The highest BCUT2D eigenvalue weighted by Gasteiger charge is 2.12. The van der Waals surface area contributed by atoms with Gasteiger partial charge in [0.05, 0.1) is 17.7 Å². The van der Waals surface area contributed by atoms with Crippen molar-refractivity contribution in [2.45, 2.75) is 5.16 Å². The summed E-state index contributed by atoms with van der Waals surface area (Å²) in [5.41, 5.74) is 2.33. The number of amides is 1. The smallest absolute Gasteiger partial charge is 0.237 e. The van der Waals surface area contributed by atoms with Gasteiger partial charge in [-0.15, -0.1) is 10.2 Å². The number of rotatable bonds is 5. The minimum Gasteiger partial charge on any atom is -0.449 e. The lowest BCUT2D eigenvalue weighted by atomic mass is 10.2. The van der Waals surface area contributed by atoms with Gasteiger partial charge < -0.3 is 4.42 Å². The predicted molar refractivity (Wildman–Crippen MR) is 92.1 cm³/mol. The molecule has 0 bridgehead atoms. The molecule has 1 N–H and O–H groups in total. The van der Waals surface area contributed by atoms with E-state index >= 15 is 0 Å². The van der Waals surface area contributed by atoms with E-state index in [1.807, 2.05) is 24.3 Å². The number of carbonyl (C=O) groups excluding carboxylic acids is 1. The van der Waals surface area contributed by atoms with Crippen LogP contribution in [-0.4, -0.2) is 36.5 Å². The number of anilines is 1. The van der Waals surface area contributed by atoms with E-state index in [9.17, 15) is 4.79 Å². The van der Waals surface area contributed by atoms with Crippen LogP contribution in [0.15, 0.2) is 64.6 Å². The summed E-state index contributed by atoms with van der Waals surface area (Å²) in [4.78, 5) is 16.0. The molecule has 0 aliphatic heterocycles. The van der Waals surface area contributed by atoms with Crippen molar-refractivity contribution in [2.75, 3.05) is 11.1 Å². The summed E-state index contributed by atoms with van der Waals surface area (Å²) in [6.07, 6.45) is 4.92. The molecule has 4 heterocycles. The fourth-order valence-electron chi connectivity index (χ4n) is 2.19. The van der Waals surface area contributed by atoms with E-state index in [0.717, 1.165) is 11.3 Å². The topological polar surface area (TPSA) is 98.2 Å². The maximum absolute atomic E-state index is 12.0. The van der Waals surface area contributed by atoms with Crippen LogP contribution in [0.2, 0.25) is 0 Å². The van der Waals surface area contributed by atoms with Gasteiger partial charge in [0.25, 0.3) is 0 Å². The zero-order valence-corrected chi connectivity index (χ0v) is 13.7. The van der Waals surface area contributed by atoms with Crippen molar-refractivity contribution in [3.63, 3.8) is 0 Å². The molecule has 124 valence electrons. The first-order valence-electron chi connectivity index (χ1n) is 7.38. The summed E-state index contributed by atoms with van der Waals surface area (Å²) in [7, 11) is 0. The van der Waals surface area contributed by atoms with Gasteiger partial charge in [-0.3, -0.25) is 15.1 Å². The Morgan fingerprint density at radius 3 is 2.84 bits per heavy atom. The van der Waals surface area contributed by atoms with E-state index in [2.05, 4.69) is 25.6 Å². The quantitative estimate of drug-likeness (QED) is 0.551. The van der Waals surface area contributed by atoms with Gasteiger partial charge in [-0.1, -0.05) is 11.8 Å². The largest absolute Gasteiger partial charge is 0.449 e. The maximum atomic E-state index is 12.0. The van der Waals surface area contributed by atoms with Crippen LogP contribution in [0.5, 0.6) is 0 Å². The number of hydrogen-bond donors (Lipinski definition) is 1. The van der Waals surface area contributed by atoms with E-state index in [0.29, 0.717) is 16.7 Å². The fraction of sp³-hybridized carbons (Fsp3) is 0.0625. The Morgan fingerprint density at radius 1 is 1.16 bits per heavy atom. The van der Waals surface area contributed by atoms with Crippen molar-refractivity contribution >= 4 is 29.2 Å². The number of fused-ring (bicyclic) bond motifs is 1. The summed E-state index contributed by atoms with van der Waals surface area (Å²) in [6, 6.07) is 10.8. The number of pyridine rings is 1. The van der Waals surface area contributed by atoms with Crippen LogP contribution in [0.25, 0.3) is 16.9 Å². The zero-order valence-electron chi connectivity index (χ0n) is 12.9. The lowest BCUT2D eigenvalue weighted by Crippen LogP contribution is -2.13.